The molecule has 2 heteroatoms. The molecule has 0 saturated heterocycles. The van der Waals surface area contributed by atoms with Crippen LogP contribution in [0.5, 0.6) is 0 Å². The average Bonchev–Trinajstić information content (AvgIpc) is 2.50. The highest BCUT2D eigenvalue weighted by Crippen LogP contribution is 2.05. The lowest BCUT2D eigenvalue weighted by Crippen LogP contribution is -1.99. The second-order valence-corrected chi connectivity index (χ2v) is 4.83. The topological polar surface area (TPSA) is 26.3 Å². The van der Waals surface area contributed by atoms with Crippen molar-refractivity contribution >= 4 is 5.97 Å². The molecule has 0 aromatic heterocycles. The van der Waals surface area contributed by atoms with Crippen molar-refractivity contribution in [1.82, 2.24) is 0 Å². The first-order valence-electron chi connectivity index (χ1n) is 8.00. The predicted molar refractivity (Wildman–Crippen MR) is 94.3 cm³/mol. The first-order valence-corrected chi connectivity index (χ1v) is 8.00. The van der Waals surface area contributed by atoms with Crippen LogP contribution in [0, 0.1) is 11.8 Å². The maximum absolute atomic E-state index is 10.6. The SMILES string of the molecule is C/C=C/C=C/C=C/C=C\C#CCCCCCCCOC(C)=O. The Hall–Kier alpha value is -2.01. The van der Waals surface area contributed by atoms with E-state index in [4.69, 9.17) is 4.74 Å². The molecule has 2 nitrogen and oxygen atoms in total. The van der Waals surface area contributed by atoms with Crippen molar-refractivity contribution in [3.8, 4) is 11.8 Å². The van der Waals surface area contributed by atoms with Gasteiger partial charge >= 0.3 is 5.97 Å². The molecule has 0 aromatic rings. The Bertz CT molecular complexity index is 442. The Balaban J connectivity index is 3.43. The van der Waals surface area contributed by atoms with Crippen molar-refractivity contribution in [1.29, 1.82) is 0 Å². The lowest BCUT2D eigenvalue weighted by atomic mass is 10.1. The molecule has 0 aliphatic carbocycles. The summed E-state index contributed by atoms with van der Waals surface area (Å²) in [7, 11) is 0. The van der Waals surface area contributed by atoms with Crippen LogP contribution < -0.4 is 0 Å². The van der Waals surface area contributed by atoms with E-state index in [9.17, 15) is 4.79 Å². The fraction of sp³-hybridized carbons (Fsp3) is 0.450. The van der Waals surface area contributed by atoms with Gasteiger partial charge in [-0.05, 0) is 25.8 Å². The summed E-state index contributed by atoms with van der Waals surface area (Å²) in [5, 5.41) is 0. The molecule has 0 spiro atoms. The zero-order valence-corrected chi connectivity index (χ0v) is 13.9. The summed E-state index contributed by atoms with van der Waals surface area (Å²) < 4.78 is 4.88. The van der Waals surface area contributed by atoms with Gasteiger partial charge in [0, 0.05) is 13.3 Å². The Morgan fingerprint density at radius 2 is 1.55 bits per heavy atom. The number of hydrogen-bond acceptors (Lipinski definition) is 2. The minimum absolute atomic E-state index is 0.188. The number of allylic oxidation sites excluding steroid dienone is 8. The molecule has 120 valence electrons. The zero-order chi connectivity index (χ0) is 16.3. The van der Waals surface area contributed by atoms with E-state index in [1.807, 2.05) is 55.5 Å². The van der Waals surface area contributed by atoms with Gasteiger partial charge in [-0.1, -0.05) is 73.6 Å². The van der Waals surface area contributed by atoms with E-state index < -0.39 is 0 Å². The molecule has 0 fully saturated rings. The number of rotatable bonds is 10. The van der Waals surface area contributed by atoms with Gasteiger partial charge in [0.25, 0.3) is 0 Å². The van der Waals surface area contributed by atoms with Crippen molar-refractivity contribution in [2.24, 2.45) is 0 Å². The van der Waals surface area contributed by atoms with Crippen LogP contribution in [0.1, 0.15) is 52.4 Å². The summed E-state index contributed by atoms with van der Waals surface area (Å²) in [5.74, 6) is 5.99. The van der Waals surface area contributed by atoms with Gasteiger partial charge in [-0.25, -0.2) is 0 Å². The number of esters is 1. The van der Waals surface area contributed by atoms with Gasteiger partial charge < -0.3 is 4.74 Å². The van der Waals surface area contributed by atoms with Crippen LogP contribution in [-0.2, 0) is 9.53 Å². The third kappa shape index (κ3) is 18.0. The molecule has 0 N–H and O–H groups in total. The Labute approximate surface area is 135 Å². The van der Waals surface area contributed by atoms with Crippen LogP contribution >= 0.6 is 0 Å². The van der Waals surface area contributed by atoms with Gasteiger partial charge in [0.15, 0.2) is 0 Å². The highest BCUT2D eigenvalue weighted by molar-refractivity contribution is 5.65. The molecule has 0 aliphatic heterocycles. The van der Waals surface area contributed by atoms with Crippen molar-refractivity contribution in [3.63, 3.8) is 0 Å². The first-order chi connectivity index (χ1) is 10.8. The van der Waals surface area contributed by atoms with Crippen LogP contribution in [0.3, 0.4) is 0 Å². The van der Waals surface area contributed by atoms with Gasteiger partial charge in [-0.2, -0.15) is 0 Å². The molecule has 0 heterocycles. The van der Waals surface area contributed by atoms with Gasteiger partial charge in [0.1, 0.15) is 0 Å². The quantitative estimate of drug-likeness (QED) is 0.242. The van der Waals surface area contributed by atoms with Crippen molar-refractivity contribution in [2.45, 2.75) is 52.4 Å². The Morgan fingerprint density at radius 3 is 2.27 bits per heavy atom. The fourth-order valence-electron chi connectivity index (χ4n) is 1.66. The molecule has 0 saturated carbocycles. The first kappa shape index (κ1) is 20.0. The van der Waals surface area contributed by atoms with Gasteiger partial charge in [0.2, 0.25) is 0 Å². The van der Waals surface area contributed by atoms with Crippen LogP contribution in [0.25, 0.3) is 0 Å². The molecular formula is C20H28O2. The minimum atomic E-state index is -0.188. The molecule has 0 bridgehead atoms. The standard InChI is InChI=1S/C20H28O2/c1-3-4-5-6-7-8-9-10-11-12-13-14-15-16-17-18-19-22-20(2)21/h3-10H,13-19H2,1-2H3/b4-3+,6-5+,8-7+,10-9-. The Kier molecular flexibility index (Phi) is 15.5. The zero-order valence-electron chi connectivity index (χ0n) is 13.9. The van der Waals surface area contributed by atoms with E-state index in [1.165, 1.54) is 19.8 Å². The normalized spacial score (nSPS) is 11.5. The second kappa shape index (κ2) is 17.0. The average molecular weight is 300 g/mol. The predicted octanol–water partition coefficient (Wildman–Crippen LogP) is 5.14. The molecule has 0 unspecified atom stereocenters. The van der Waals surface area contributed by atoms with Gasteiger partial charge in [-0.15, -0.1) is 0 Å². The number of hydrogen-bond donors (Lipinski definition) is 0. The van der Waals surface area contributed by atoms with Gasteiger partial charge in [0.05, 0.1) is 6.61 Å². The van der Waals surface area contributed by atoms with E-state index in [0.29, 0.717) is 6.61 Å². The summed E-state index contributed by atoms with van der Waals surface area (Å²) in [5.41, 5.74) is 0. The molecule has 0 aliphatic rings. The van der Waals surface area contributed by atoms with Crippen molar-refractivity contribution in [3.05, 3.63) is 48.6 Å². The summed E-state index contributed by atoms with van der Waals surface area (Å²) in [6.45, 7) is 3.99. The summed E-state index contributed by atoms with van der Waals surface area (Å²) in [4.78, 5) is 10.6. The maximum Gasteiger partial charge on any atom is 0.302 e. The van der Waals surface area contributed by atoms with E-state index in [-0.39, 0.29) is 5.97 Å². The van der Waals surface area contributed by atoms with E-state index in [2.05, 4.69) is 11.8 Å². The number of carbonyl (C=O) groups excluding carboxylic acids is 1. The van der Waals surface area contributed by atoms with E-state index in [1.54, 1.807) is 0 Å². The van der Waals surface area contributed by atoms with Crippen LogP contribution in [-0.4, -0.2) is 12.6 Å². The van der Waals surface area contributed by atoms with Gasteiger partial charge in [-0.3, -0.25) is 4.79 Å². The second-order valence-electron chi connectivity index (χ2n) is 4.83. The monoisotopic (exact) mass is 300 g/mol. The number of carbonyl (C=O) groups is 1. The van der Waals surface area contributed by atoms with E-state index >= 15 is 0 Å². The summed E-state index contributed by atoms with van der Waals surface area (Å²) >= 11 is 0. The smallest absolute Gasteiger partial charge is 0.302 e. The Morgan fingerprint density at radius 1 is 0.909 bits per heavy atom. The third-order valence-corrected chi connectivity index (χ3v) is 2.78. The highest BCUT2D eigenvalue weighted by atomic mass is 16.5. The maximum atomic E-state index is 10.6. The van der Waals surface area contributed by atoms with Crippen molar-refractivity contribution in [2.75, 3.05) is 6.61 Å². The molecule has 0 amide bonds. The van der Waals surface area contributed by atoms with Crippen LogP contribution in [0.15, 0.2) is 48.6 Å². The molecule has 0 rings (SSSR count). The lowest BCUT2D eigenvalue weighted by Gasteiger charge is -2.01. The largest absolute Gasteiger partial charge is 0.466 e. The van der Waals surface area contributed by atoms with Crippen molar-refractivity contribution < 1.29 is 9.53 Å². The highest BCUT2D eigenvalue weighted by Gasteiger charge is 1.93. The number of unbranched alkanes of at least 4 members (excludes halogenated alkanes) is 5. The summed E-state index contributed by atoms with van der Waals surface area (Å²) in [6, 6.07) is 0. The summed E-state index contributed by atoms with van der Waals surface area (Å²) in [6.07, 6.45) is 22.3. The van der Waals surface area contributed by atoms with Crippen LogP contribution in [0.4, 0.5) is 0 Å². The molecule has 22 heavy (non-hydrogen) atoms. The molecule has 0 radical (unpaired) electrons. The minimum Gasteiger partial charge on any atom is -0.466 e. The number of ether oxygens (including phenoxy) is 1. The molecular weight excluding hydrogens is 272 g/mol. The molecule has 0 atom stereocenters. The van der Waals surface area contributed by atoms with E-state index in [0.717, 1.165) is 25.7 Å². The molecule has 0 aromatic carbocycles. The lowest BCUT2D eigenvalue weighted by molar-refractivity contribution is -0.141. The third-order valence-electron chi connectivity index (χ3n) is 2.78. The van der Waals surface area contributed by atoms with Crippen LogP contribution in [0.2, 0.25) is 0 Å². The fourth-order valence-corrected chi connectivity index (χ4v) is 1.66.